The molecule has 0 saturated carbocycles. The quantitative estimate of drug-likeness (QED) is 0.517. The van der Waals surface area contributed by atoms with Crippen LogP contribution in [0.5, 0.6) is 0 Å². The molecule has 5 heteroatoms. The van der Waals surface area contributed by atoms with Crippen molar-refractivity contribution in [3.63, 3.8) is 0 Å². The standard InChI is InChI=1S/C25H34N2O2S/c1-5-20(3)26-25(29)21(4)27(17-23-13-9-10-19(2)16-23)24(28)14-15-30-18-22-11-7-6-8-12-22/h6-13,16,20-21H,5,14-15,17-18H2,1-4H3,(H,26,29)/t20-,21+/m0/s1. The molecule has 0 unspecified atom stereocenters. The minimum Gasteiger partial charge on any atom is -0.352 e. The van der Waals surface area contributed by atoms with E-state index in [0.29, 0.717) is 13.0 Å². The van der Waals surface area contributed by atoms with Gasteiger partial charge in [0.05, 0.1) is 0 Å². The van der Waals surface area contributed by atoms with Crippen LogP contribution in [-0.4, -0.2) is 34.6 Å². The molecule has 0 aliphatic heterocycles. The lowest BCUT2D eigenvalue weighted by atomic mass is 10.1. The van der Waals surface area contributed by atoms with Gasteiger partial charge in [-0.05, 0) is 38.3 Å². The van der Waals surface area contributed by atoms with E-state index >= 15 is 0 Å². The summed E-state index contributed by atoms with van der Waals surface area (Å²) in [4.78, 5) is 27.5. The molecule has 1 N–H and O–H groups in total. The van der Waals surface area contributed by atoms with Gasteiger partial charge in [0.15, 0.2) is 0 Å². The summed E-state index contributed by atoms with van der Waals surface area (Å²) in [6.45, 7) is 8.32. The largest absolute Gasteiger partial charge is 0.352 e. The van der Waals surface area contributed by atoms with Gasteiger partial charge in [-0.15, -0.1) is 0 Å². The lowest BCUT2D eigenvalue weighted by Gasteiger charge is -2.30. The van der Waals surface area contributed by atoms with E-state index in [1.165, 1.54) is 5.56 Å². The van der Waals surface area contributed by atoms with Gasteiger partial charge < -0.3 is 10.2 Å². The monoisotopic (exact) mass is 426 g/mol. The molecule has 162 valence electrons. The van der Waals surface area contributed by atoms with Gasteiger partial charge in [-0.3, -0.25) is 9.59 Å². The van der Waals surface area contributed by atoms with Crippen molar-refractivity contribution in [1.82, 2.24) is 10.2 Å². The van der Waals surface area contributed by atoms with Gasteiger partial charge in [-0.25, -0.2) is 0 Å². The van der Waals surface area contributed by atoms with Crippen LogP contribution in [0.25, 0.3) is 0 Å². The van der Waals surface area contributed by atoms with Gasteiger partial charge in [0.25, 0.3) is 0 Å². The molecule has 2 aromatic carbocycles. The first-order chi connectivity index (χ1) is 14.4. The van der Waals surface area contributed by atoms with Crippen molar-refractivity contribution in [3.8, 4) is 0 Å². The normalized spacial score (nSPS) is 12.8. The van der Waals surface area contributed by atoms with Gasteiger partial charge in [-0.1, -0.05) is 67.1 Å². The van der Waals surface area contributed by atoms with Crippen molar-refractivity contribution in [2.24, 2.45) is 0 Å². The smallest absolute Gasteiger partial charge is 0.242 e. The van der Waals surface area contributed by atoms with Crippen LogP contribution in [0.15, 0.2) is 54.6 Å². The highest BCUT2D eigenvalue weighted by Crippen LogP contribution is 2.16. The highest BCUT2D eigenvalue weighted by atomic mass is 32.2. The summed E-state index contributed by atoms with van der Waals surface area (Å²) >= 11 is 1.75. The van der Waals surface area contributed by atoms with Crippen molar-refractivity contribution in [1.29, 1.82) is 0 Å². The Balaban J connectivity index is 2.01. The Morgan fingerprint density at radius 1 is 1.03 bits per heavy atom. The molecule has 0 bridgehead atoms. The maximum atomic E-state index is 13.1. The zero-order valence-corrected chi connectivity index (χ0v) is 19.4. The number of nitrogens with one attached hydrogen (secondary N) is 1. The van der Waals surface area contributed by atoms with Crippen LogP contribution in [0.2, 0.25) is 0 Å². The fourth-order valence-electron chi connectivity index (χ4n) is 3.12. The minimum atomic E-state index is -0.508. The predicted molar refractivity (Wildman–Crippen MR) is 126 cm³/mol. The first kappa shape index (κ1) is 24.0. The average Bonchev–Trinajstić information content (AvgIpc) is 2.75. The highest BCUT2D eigenvalue weighted by Gasteiger charge is 2.26. The summed E-state index contributed by atoms with van der Waals surface area (Å²) in [6, 6.07) is 18.0. The van der Waals surface area contributed by atoms with Crippen molar-refractivity contribution >= 4 is 23.6 Å². The molecule has 30 heavy (non-hydrogen) atoms. The Morgan fingerprint density at radius 3 is 2.40 bits per heavy atom. The zero-order valence-electron chi connectivity index (χ0n) is 18.6. The molecule has 0 heterocycles. The molecular formula is C25H34N2O2S. The lowest BCUT2D eigenvalue weighted by Crippen LogP contribution is -2.49. The molecule has 2 aromatic rings. The van der Waals surface area contributed by atoms with Gasteiger partial charge >= 0.3 is 0 Å². The second-order valence-corrected chi connectivity index (χ2v) is 8.90. The Labute approximate surface area is 185 Å². The summed E-state index contributed by atoms with van der Waals surface area (Å²) < 4.78 is 0. The average molecular weight is 427 g/mol. The van der Waals surface area contributed by atoms with E-state index in [2.05, 4.69) is 23.5 Å². The number of benzene rings is 2. The van der Waals surface area contributed by atoms with E-state index in [4.69, 9.17) is 0 Å². The van der Waals surface area contributed by atoms with E-state index in [1.807, 2.05) is 64.1 Å². The first-order valence-electron chi connectivity index (χ1n) is 10.7. The molecule has 0 aromatic heterocycles. The van der Waals surface area contributed by atoms with Crippen LogP contribution in [0, 0.1) is 6.92 Å². The Bertz CT molecular complexity index is 810. The Kier molecular flexibility index (Phi) is 9.95. The Hall–Kier alpha value is -2.27. The fourth-order valence-corrected chi connectivity index (χ4v) is 4.01. The SMILES string of the molecule is CC[C@H](C)NC(=O)[C@@H](C)N(Cc1cccc(C)c1)C(=O)CCSCc1ccccc1. The van der Waals surface area contributed by atoms with Crippen LogP contribution >= 0.6 is 11.8 Å². The summed E-state index contributed by atoms with van der Waals surface area (Å²) in [7, 11) is 0. The molecule has 0 aliphatic carbocycles. The van der Waals surface area contributed by atoms with Crippen molar-refractivity contribution < 1.29 is 9.59 Å². The van der Waals surface area contributed by atoms with Crippen LogP contribution in [0.4, 0.5) is 0 Å². The molecule has 0 saturated heterocycles. The summed E-state index contributed by atoms with van der Waals surface area (Å²) in [5, 5.41) is 3.01. The molecular weight excluding hydrogens is 392 g/mol. The fraction of sp³-hybridized carbons (Fsp3) is 0.440. The topological polar surface area (TPSA) is 49.4 Å². The molecule has 0 aliphatic rings. The number of rotatable bonds is 11. The number of hydrogen-bond donors (Lipinski definition) is 1. The number of thioether (sulfide) groups is 1. The Morgan fingerprint density at radius 2 is 1.73 bits per heavy atom. The molecule has 2 rings (SSSR count). The number of amides is 2. The van der Waals surface area contributed by atoms with Crippen molar-refractivity contribution in [3.05, 3.63) is 71.3 Å². The second-order valence-electron chi connectivity index (χ2n) is 7.79. The number of hydrogen-bond acceptors (Lipinski definition) is 3. The third-order valence-corrected chi connectivity index (χ3v) is 6.21. The highest BCUT2D eigenvalue weighted by molar-refractivity contribution is 7.98. The first-order valence-corrected chi connectivity index (χ1v) is 11.8. The number of carbonyl (C=O) groups excluding carboxylic acids is 2. The maximum absolute atomic E-state index is 13.1. The third kappa shape index (κ3) is 7.86. The third-order valence-electron chi connectivity index (χ3n) is 5.18. The van der Waals surface area contributed by atoms with Crippen LogP contribution in [0.3, 0.4) is 0 Å². The van der Waals surface area contributed by atoms with Crippen LogP contribution in [-0.2, 0) is 21.9 Å². The minimum absolute atomic E-state index is 0.0175. The molecule has 0 radical (unpaired) electrons. The number of aryl methyl sites for hydroxylation is 1. The van der Waals surface area contributed by atoms with E-state index in [-0.39, 0.29) is 17.9 Å². The summed E-state index contributed by atoms with van der Waals surface area (Å²) in [6.07, 6.45) is 1.28. The van der Waals surface area contributed by atoms with Crippen molar-refractivity contribution in [2.45, 2.75) is 64.9 Å². The van der Waals surface area contributed by atoms with Gasteiger partial charge in [0, 0.05) is 30.5 Å². The van der Waals surface area contributed by atoms with E-state index in [0.717, 1.165) is 29.1 Å². The van der Waals surface area contributed by atoms with Crippen LogP contribution < -0.4 is 5.32 Å². The number of carbonyl (C=O) groups is 2. The molecule has 0 spiro atoms. The van der Waals surface area contributed by atoms with Crippen LogP contribution in [0.1, 0.15) is 50.3 Å². The van der Waals surface area contributed by atoms with Gasteiger partial charge in [0.1, 0.15) is 6.04 Å². The van der Waals surface area contributed by atoms with Crippen molar-refractivity contribution in [2.75, 3.05) is 5.75 Å². The van der Waals surface area contributed by atoms with E-state index in [1.54, 1.807) is 16.7 Å². The zero-order chi connectivity index (χ0) is 21.9. The summed E-state index contributed by atoms with van der Waals surface area (Å²) in [5.74, 6) is 1.54. The van der Waals surface area contributed by atoms with E-state index < -0.39 is 6.04 Å². The lowest BCUT2D eigenvalue weighted by molar-refractivity contribution is -0.140. The number of nitrogens with zero attached hydrogens (tertiary/aromatic N) is 1. The van der Waals surface area contributed by atoms with E-state index in [9.17, 15) is 9.59 Å². The molecule has 0 fully saturated rings. The second kappa shape index (κ2) is 12.4. The molecule has 2 amide bonds. The summed E-state index contributed by atoms with van der Waals surface area (Å²) in [5.41, 5.74) is 3.45. The molecule has 2 atom stereocenters. The maximum Gasteiger partial charge on any atom is 0.242 e. The van der Waals surface area contributed by atoms with Gasteiger partial charge in [0.2, 0.25) is 11.8 Å². The molecule has 4 nitrogen and oxygen atoms in total. The van der Waals surface area contributed by atoms with Gasteiger partial charge in [-0.2, -0.15) is 11.8 Å². The predicted octanol–water partition coefficient (Wildman–Crippen LogP) is 4.95.